The molecule has 2 N–H and O–H groups in total. The summed E-state index contributed by atoms with van der Waals surface area (Å²) < 4.78 is 6.33. The molecule has 182 valence electrons. The quantitative estimate of drug-likeness (QED) is 0.515. The molecular formula is C27H32Cl2N2O3. The van der Waals surface area contributed by atoms with E-state index in [1.54, 1.807) is 25.3 Å². The minimum Gasteiger partial charge on any atom is -0.508 e. The predicted octanol–water partition coefficient (Wildman–Crippen LogP) is 5.13. The average Bonchev–Trinajstić information content (AvgIpc) is 2.81. The Balaban J connectivity index is 1.58. The van der Waals surface area contributed by atoms with Gasteiger partial charge in [0.15, 0.2) is 0 Å². The minimum atomic E-state index is -0.410. The van der Waals surface area contributed by atoms with Crippen LogP contribution in [0.25, 0.3) is 0 Å². The summed E-state index contributed by atoms with van der Waals surface area (Å²) in [6, 6.07) is 12.8. The van der Waals surface area contributed by atoms with Gasteiger partial charge < -0.3 is 15.2 Å². The van der Waals surface area contributed by atoms with E-state index in [-0.39, 0.29) is 29.5 Å². The highest BCUT2D eigenvalue weighted by Crippen LogP contribution is 2.53. The fourth-order valence-corrected chi connectivity index (χ4v) is 6.29. The van der Waals surface area contributed by atoms with Crippen LogP contribution >= 0.6 is 23.2 Å². The Morgan fingerprint density at radius 1 is 1.26 bits per heavy atom. The van der Waals surface area contributed by atoms with E-state index in [0.717, 1.165) is 56.4 Å². The summed E-state index contributed by atoms with van der Waals surface area (Å²) in [7, 11) is 1.79. The highest BCUT2D eigenvalue weighted by molar-refractivity contribution is 6.42. The number of nitrogens with zero attached hydrogens (tertiary/aromatic N) is 1. The molecule has 0 aromatic heterocycles. The Kier molecular flexibility index (Phi) is 7.58. The monoisotopic (exact) mass is 502 g/mol. The van der Waals surface area contributed by atoms with Gasteiger partial charge in [-0.3, -0.25) is 9.69 Å². The molecule has 3 atom stereocenters. The van der Waals surface area contributed by atoms with Crippen molar-refractivity contribution in [3.05, 3.63) is 76.3 Å². The van der Waals surface area contributed by atoms with Crippen LogP contribution < -0.4 is 5.32 Å². The van der Waals surface area contributed by atoms with Crippen LogP contribution in [0, 0.1) is 0 Å². The van der Waals surface area contributed by atoms with Crippen molar-refractivity contribution in [1.82, 2.24) is 10.2 Å². The van der Waals surface area contributed by atoms with Gasteiger partial charge in [-0.25, -0.2) is 0 Å². The molecule has 0 bridgehead atoms. The van der Waals surface area contributed by atoms with Crippen molar-refractivity contribution in [2.75, 3.05) is 26.7 Å². The molecule has 4 rings (SSSR count). The van der Waals surface area contributed by atoms with Crippen molar-refractivity contribution >= 4 is 29.1 Å². The normalized spacial score (nSPS) is 27.1. The second kappa shape index (κ2) is 10.3. The number of hydrogen-bond acceptors (Lipinski definition) is 4. The van der Waals surface area contributed by atoms with Gasteiger partial charge in [0.1, 0.15) is 5.75 Å². The lowest BCUT2D eigenvalue weighted by atomic mass is 9.55. The van der Waals surface area contributed by atoms with Gasteiger partial charge in [-0.2, -0.15) is 0 Å². The zero-order valence-corrected chi connectivity index (χ0v) is 21.0. The highest BCUT2D eigenvalue weighted by Gasteiger charge is 2.58. The predicted molar refractivity (Wildman–Crippen MR) is 137 cm³/mol. The summed E-state index contributed by atoms with van der Waals surface area (Å²) in [5.74, 6) is 0.208. The van der Waals surface area contributed by atoms with Crippen LogP contribution in [0.1, 0.15) is 36.8 Å². The number of halogens is 2. The van der Waals surface area contributed by atoms with Gasteiger partial charge in [0.2, 0.25) is 5.91 Å². The second-order valence-corrected chi connectivity index (χ2v) is 10.4. The van der Waals surface area contributed by atoms with Crippen LogP contribution in [-0.4, -0.2) is 54.3 Å². The van der Waals surface area contributed by atoms with E-state index in [1.165, 1.54) is 0 Å². The SMILES string of the molecule is C=CCN1CC[C@@]2(c3cccc(O)c3)C[C@@H](NC(=O)Cc3ccc(Cl)c(Cl)c3)CC[C@]2(OC)C1. The zero-order chi connectivity index (χ0) is 24.3. The molecule has 2 fully saturated rings. The maximum Gasteiger partial charge on any atom is 0.224 e. The number of likely N-dealkylation sites (tertiary alicyclic amines) is 1. The van der Waals surface area contributed by atoms with Gasteiger partial charge in [0, 0.05) is 31.7 Å². The summed E-state index contributed by atoms with van der Waals surface area (Å²) in [6.45, 7) is 6.40. The number of carbonyl (C=O) groups excluding carboxylic acids is 1. The molecular weight excluding hydrogens is 471 g/mol. The van der Waals surface area contributed by atoms with Crippen LogP contribution in [0.3, 0.4) is 0 Å². The van der Waals surface area contributed by atoms with E-state index in [1.807, 2.05) is 24.3 Å². The van der Waals surface area contributed by atoms with Gasteiger partial charge >= 0.3 is 0 Å². The molecule has 0 spiro atoms. The molecule has 0 radical (unpaired) electrons. The fourth-order valence-electron chi connectivity index (χ4n) is 5.97. The maximum atomic E-state index is 12.9. The largest absolute Gasteiger partial charge is 0.508 e. The third-order valence-electron chi connectivity index (χ3n) is 7.59. The molecule has 0 unspecified atom stereocenters. The van der Waals surface area contributed by atoms with Crippen LogP contribution in [0.5, 0.6) is 5.75 Å². The van der Waals surface area contributed by atoms with Crippen molar-refractivity contribution < 1.29 is 14.6 Å². The molecule has 34 heavy (non-hydrogen) atoms. The van der Waals surface area contributed by atoms with Crippen molar-refractivity contribution in [2.24, 2.45) is 0 Å². The van der Waals surface area contributed by atoms with E-state index in [4.69, 9.17) is 27.9 Å². The van der Waals surface area contributed by atoms with Crippen LogP contribution in [0.2, 0.25) is 10.0 Å². The van der Waals surface area contributed by atoms with Gasteiger partial charge in [-0.1, -0.05) is 47.5 Å². The summed E-state index contributed by atoms with van der Waals surface area (Å²) >= 11 is 12.1. The number of ether oxygens (including phenoxy) is 1. The van der Waals surface area contributed by atoms with Crippen molar-refractivity contribution in [3.8, 4) is 5.75 Å². The van der Waals surface area contributed by atoms with Gasteiger partial charge in [-0.15, -0.1) is 6.58 Å². The average molecular weight is 503 g/mol. The molecule has 2 aliphatic rings. The lowest BCUT2D eigenvalue weighted by molar-refractivity contribution is -0.149. The smallest absolute Gasteiger partial charge is 0.224 e. The molecule has 1 heterocycles. The molecule has 1 aliphatic carbocycles. The van der Waals surface area contributed by atoms with Crippen LogP contribution in [0.15, 0.2) is 55.1 Å². The summed E-state index contributed by atoms with van der Waals surface area (Å²) in [4.78, 5) is 15.3. The van der Waals surface area contributed by atoms with Crippen molar-refractivity contribution in [3.63, 3.8) is 0 Å². The summed E-state index contributed by atoms with van der Waals surface area (Å²) in [5.41, 5.74) is 1.16. The number of piperidine rings is 1. The van der Waals surface area contributed by atoms with Gasteiger partial charge in [0.05, 0.1) is 22.1 Å². The topological polar surface area (TPSA) is 61.8 Å². The molecule has 1 saturated heterocycles. The number of amides is 1. The first-order valence-corrected chi connectivity index (χ1v) is 12.5. The highest BCUT2D eigenvalue weighted by atomic mass is 35.5. The van der Waals surface area contributed by atoms with E-state index in [0.29, 0.717) is 10.0 Å². The number of hydrogen-bond donors (Lipinski definition) is 2. The Hall–Kier alpha value is -2.05. The first-order valence-electron chi connectivity index (χ1n) is 11.7. The van der Waals surface area contributed by atoms with E-state index < -0.39 is 5.60 Å². The molecule has 1 amide bonds. The standard InChI is InChI=1S/C27H32Cl2N2O3/c1-3-12-31-13-11-26(20-5-4-6-22(32)16-20)17-21(9-10-27(26,18-31)34-2)30-25(33)15-19-7-8-23(28)24(29)14-19/h3-8,14,16,21,32H,1,9-13,15,17-18H2,2H3,(H,30,33)/t21-,26-,27-/m0/s1. The number of benzene rings is 2. The number of aromatic hydroxyl groups is 1. The molecule has 1 aliphatic heterocycles. The fraction of sp³-hybridized carbons (Fsp3) is 0.444. The zero-order valence-electron chi connectivity index (χ0n) is 19.5. The summed E-state index contributed by atoms with van der Waals surface area (Å²) in [5, 5.41) is 14.5. The Morgan fingerprint density at radius 2 is 2.09 bits per heavy atom. The lowest BCUT2D eigenvalue weighted by Gasteiger charge is -2.59. The molecule has 2 aromatic carbocycles. The van der Waals surface area contributed by atoms with Crippen molar-refractivity contribution in [2.45, 2.75) is 49.2 Å². The molecule has 1 saturated carbocycles. The summed E-state index contributed by atoms with van der Waals surface area (Å²) in [6.07, 6.45) is 5.43. The molecule has 2 aromatic rings. The molecule has 7 heteroatoms. The number of nitrogens with one attached hydrogen (secondary N) is 1. The van der Waals surface area contributed by atoms with E-state index in [9.17, 15) is 9.90 Å². The van der Waals surface area contributed by atoms with E-state index in [2.05, 4.69) is 22.9 Å². The lowest BCUT2D eigenvalue weighted by Crippen LogP contribution is -2.68. The second-order valence-electron chi connectivity index (χ2n) is 9.54. The third kappa shape index (κ3) is 4.85. The van der Waals surface area contributed by atoms with Gasteiger partial charge in [-0.05, 0) is 67.6 Å². The first-order chi connectivity index (χ1) is 16.3. The number of methoxy groups -OCH3 is 1. The van der Waals surface area contributed by atoms with Gasteiger partial charge in [0.25, 0.3) is 0 Å². The third-order valence-corrected chi connectivity index (χ3v) is 8.33. The first kappa shape index (κ1) is 25.1. The Bertz CT molecular complexity index is 1060. The number of carbonyl (C=O) groups is 1. The number of fused-ring (bicyclic) bond motifs is 1. The van der Waals surface area contributed by atoms with Crippen LogP contribution in [-0.2, 0) is 21.4 Å². The number of phenols is 1. The molecule has 5 nitrogen and oxygen atoms in total. The minimum absolute atomic E-state index is 0.00634. The Labute approximate surface area is 211 Å². The number of phenolic OH excluding ortho intramolecular Hbond substituents is 1. The number of rotatable bonds is 7. The van der Waals surface area contributed by atoms with Crippen molar-refractivity contribution in [1.29, 1.82) is 0 Å². The van der Waals surface area contributed by atoms with E-state index >= 15 is 0 Å². The van der Waals surface area contributed by atoms with Crippen LogP contribution in [0.4, 0.5) is 0 Å². The Morgan fingerprint density at radius 3 is 2.79 bits per heavy atom. The maximum absolute atomic E-state index is 12.9.